The predicted molar refractivity (Wildman–Crippen MR) is 90.4 cm³/mol. The molecule has 112 valence electrons. The van der Waals surface area contributed by atoms with Crippen LogP contribution in [0.1, 0.15) is 16.7 Å². The van der Waals surface area contributed by atoms with E-state index >= 15 is 0 Å². The Kier molecular flexibility index (Phi) is 4.11. The van der Waals surface area contributed by atoms with Crippen molar-refractivity contribution in [1.82, 2.24) is 0 Å². The largest absolute Gasteiger partial charge is 0.319 e. The Morgan fingerprint density at radius 2 is 1.91 bits per heavy atom. The van der Waals surface area contributed by atoms with E-state index in [1.165, 1.54) is 6.21 Å². The van der Waals surface area contributed by atoms with E-state index in [-0.39, 0.29) is 11.6 Å². The maximum absolute atomic E-state index is 12.0. The zero-order chi connectivity index (χ0) is 16.4. The van der Waals surface area contributed by atoms with Crippen LogP contribution in [0.25, 0.3) is 0 Å². The van der Waals surface area contributed by atoms with Crippen LogP contribution in [0.3, 0.4) is 0 Å². The van der Waals surface area contributed by atoms with Gasteiger partial charge in [-0.05, 0) is 29.8 Å². The van der Waals surface area contributed by atoms with Gasteiger partial charge in [-0.3, -0.25) is 4.79 Å². The van der Waals surface area contributed by atoms with Gasteiger partial charge in [0.2, 0.25) is 0 Å². The van der Waals surface area contributed by atoms with Gasteiger partial charge in [-0.15, -0.1) is 5.10 Å². The van der Waals surface area contributed by atoms with E-state index in [2.05, 4.69) is 15.5 Å². The molecular weight excluding hydrogens is 335 g/mol. The Labute approximate surface area is 141 Å². The molecule has 0 unspecified atom stereocenters. The number of hydrogen-bond donors (Lipinski definition) is 1. The van der Waals surface area contributed by atoms with Crippen molar-refractivity contribution in [2.75, 3.05) is 5.32 Å². The summed E-state index contributed by atoms with van der Waals surface area (Å²) in [6.07, 6.45) is 1.49. The Bertz CT molecular complexity index is 896. The molecule has 0 radical (unpaired) electrons. The van der Waals surface area contributed by atoms with E-state index in [9.17, 15) is 4.79 Å². The molecule has 0 atom stereocenters. The number of carbonyl (C=O) groups excluding carboxylic acids is 1. The summed E-state index contributed by atoms with van der Waals surface area (Å²) in [6, 6.07) is 12.0. The fourth-order valence-electron chi connectivity index (χ4n) is 2.08. The molecule has 0 saturated carbocycles. The fraction of sp³-hybridized carbons (Fsp3) is 0. The van der Waals surface area contributed by atoms with Crippen LogP contribution in [0.4, 0.5) is 5.69 Å². The topological polar surface area (TPSA) is 77.6 Å². The van der Waals surface area contributed by atoms with Gasteiger partial charge in [-0.1, -0.05) is 35.3 Å². The van der Waals surface area contributed by atoms with Crippen LogP contribution in [-0.2, 0) is 4.79 Å². The Morgan fingerprint density at radius 1 is 1.17 bits per heavy atom. The van der Waals surface area contributed by atoms with E-state index < -0.39 is 0 Å². The van der Waals surface area contributed by atoms with Crippen LogP contribution in [-0.4, -0.2) is 17.8 Å². The molecule has 3 rings (SSSR count). The number of rotatable bonds is 2. The third-order valence-electron chi connectivity index (χ3n) is 3.17. The van der Waals surface area contributed by atoms with Crippen molar-refractivity contribution in [2.45, 2.75) is 0 Å². The summed E-state index contributed by atoms with van der Waals surface area (Å²) >= 11 is 12.0. The molecule has 0 bridgehead atoms. The van der Waals surface area contributed by atoms with Crippen LogP contribution in [0.5, 0.6) is 0 Å². The maximum atomic E-state index is 12.0. The standard InChI is InChI=1S/C16H8Cl2N4O/c17-11-5-12-14(13(18)6-11)21-16(23)15(12)22-20-8-10-3-1-9(7-19)2-4-10/h1-6,8H,(H,21,22,23). The number of benzene rings is 2. The maximum Gasteiger partial charge on any atom is 0.276 e. The number of amides is 1. The monoisotopic (exact) mass is 342 g/mol. The van der Waals surface area contributed by atoms with E-state index in [1.54, 1.807) is 36.4 Å². The molecule has 1 amide bonds. The minimum atomic E-state index is -0.388. The van der Waals surface area contributed by atoms with Crippen molar-refractivity contribution in [1.29, 1.82) is 5.26 Å². The second-order valence-corrected chi connectivity index (χ2v) is 5.53. The summed E-state index contributed by atoms with van der Waals surface area (Å²) in [5.41, 5.74) is 2.46. The highest BCUT2D eigenvalue weighted by Crippen LogP contribution is 2.34. The van der Waals surface area contributed by atoms with Gasteiger partial charge in [0.15, 0.2) is 5.71 Å². The second kappa shape index (κ2) is 6.21. The number of halogens is 2. The van der Waals surface area contributed by atoms with Crippen LogP contribution < -0.4 is 5.32 Å². The highest BCUT2D eigenvalue weighted by molar-refractivity contribution is 6.56. The van der Waals surface area contributed by atoms with Gasteiger partial charge in [-0.2, -0.15) is 10.4 Å². The molecule has 0 fully saturated rings. The van der Waals surface area contributed by atoms with Gasteiger partial charge in [0, 0.05) is 10.6 Å². The number of nitrogens with one attached hydrogen (secondary N) is 1. The molecular formula is C16H8Cl2N4O. The van der Waals surface area contributed by atoms with Gasteiger partial charge in [0.25, 0.3) is 5.91 Å². The van der Waals surface area contributed by atoms with E-state index in [0.29, 0.717) is 26.9 Å². The lowest BCUT2D eigenvalue weighted by Crippen LogP contribution is -2.13. The molecule has 0 aliphatic carbocycles. The highest BCUT2D eigenvalue weighted by Gasteiger charge is 2.28. The average molecular weight is 343 g/mol. The zero-order valence-electron chi connectivity index (χ0n) is 11.5. The van der Waals surface area contributed by atoms with Crippen molar-refractivity contribution in [3.8, 4) is 6.07 Å². The minimum absolute atomic E-state index is 0.147. The number of anilines is 1. The SMILES string of the molecule is N#Cc1ccc(C=NN=C2C(=O)Nc3c(Cl)cc(Cl)cc32)cc1. The molecule has 7 heteroatoms. The zero-order valence-corrected chi connectivity index (χ0v) is 13.1. The van der Waals surface area contributed by atoms with Gasteiger partial charge in [0.1, 0.15) is 0 Å². The van der Waals surface area contributed by atoms with Crippen molar-refractivity contribution in [2.24, 2.45) is 10.2 Å². The lowest BCUT2D eigenvalue weighted by Gasteiger charge is -2.00. The number of carbonyl (C=O) groups is 1. The Morgan fingerprint density at radius 3 is 2.61 bits per heavy atom. The van der Waals surface area contributed by atoms with Crippen LogP contribution in [0.2, 0.25) is 10.0 Å². The van der Waals surface area contributed by atoms with Gasteiger partial charge in [0.05, 0.1) is 28.6 Å². The Balaban J connectivity index is 1.90. The van der Waals surface area contributed by atoms with E-state index in [0.717, 1.165) is 5.56 Å². The molecule has 1 aliphatic heterocycles. The van der Waals surface area contributed by atoms with Crippen LogP contribution in [0, 0.1) is 11.3 Å². The first kappa shape index (κ1) is 15.2. The number of nitrogens with zero attached hydrogens (tertiary/aromatic N) is 3. The summed E-state index contributed by atoms with van der Waals surface area (Å²) in [5, 5.41) is 20.0. The molecule has 1 heterocycles. The van der Waals surface area contributed by atoms with Crippen molar-refractivity contribution < 1.29 is 4.79 Å². The molecule has 0 saturated heterocycles. The summed E-state index contributed by atoms with van der Waals surface area (Å²) < 4.78 is 0. The first-order valence-corrected chi connectivity index (χ1v) is 7.26. The lowest BCUT2D eigenvalue weighted by molar-refractivity contribution is -0.110. The number of hydrogen-bond acceptors (Lipinski definition) is 4. The molecule has 5 nitrogen and oxygen atoms in total. The molecule has 2 aromatic rings. The second-order valence-electron chi connectivity index (χ2n) is 4.69. The summed E-state index contributed by atoms with van der Waals surface area (Å²) in [7, 11) is 0. The van der Waals surface area contributed by atoms with Gasteiger partial charge < -0.3 is 5.32 Å². The van der Waals surface area contributed by atoms with Crippen LogP contribution in [0.15, 0.2) is 46.6 Å². The average Bonchev–Trinajstić information content (AvgIpc) is 2.85. The first-order chi connectivity index (χ1) is 11.1. The normalized spacial score (nSPS) is 14.8. The molecule has 0 spiro atoms. The molecule has 2 aromatic carbocycles. The number of nitriles is 1. The summed E-state index contributed by atoms with van der Waals surface area (Å²) in [6.45, 7) is 0. The summed E-state index contributed by atoms with van der Waals surface area (Å²) in [5.74, 6) is -0.388. The van der Waals surface area contributed by atoms with Crippen LogP contribution >= 0.6 is 23.2 Å². The smallest absolute Gasteiger partial charge is 0.276 e. The first-order valence-electron chi connectivity index (χ1n) is 6.50. The molecule has 0 aromatic heterocycles. The van der Waals surface area contributed by atoms with Crippen molar-refractivity contribution >= 4 is 46.7 Å². The predicted octanol–water partition coefficient (Wildman–Crippen LogP) is 3.64. The third-order valence-corrected chi connectivity index (χ3v) is 3.68. The number of fused-ring (bicyclic) bond motifs is 1. The third kappa shape index (κ3) is 3.09. The highest BCUT2D eigenvalue weighted by atomic mass is 35.5. The summed E-state index contributed by atoms with van der Waals surface area (Å²) in [4.78, 5) is 12.0. The van der Waals surface area contributed by atoms with Crippen molar-refractivity contribution in [3.05, 3.63) is 63.1 Å². The van der Waals surface area contributed by atoms with E-state index in [4.69, 9.17) is 28.5 Å². The van der Waals surface area contributed by atoms with E-state index in [1.807, 2.05) is 6.07 Å². The van der Waals surface area contributed by atoms with Crippen molar-refractivity contribution in [3.63, 3.8) is 0 Å². The molecule has 1 aliphatic rings. The Hall–Kier alpha value is -2.68. The fourth-order valence-corrected chi connectivity index (χ4v) is 2.62. The molecule has 23 heavy (non-hydrogen) atoms. The van der Waals surface area contributed by atoms with Gasteiger partial charge in [-0.25, -0.2) is 0 Å². The minimum Gasteiger partial charge on any atom is -0.319 e. The lowest BCUT2D eigenvalue weighted by atomic mass is 10.1. The molecule has 1 N–H and O–H groups in total. The van der Waals surface area contributed by atoms with Gasteiger partial charge >= 0.3 is 0 Å². The quantitative estimate of drug-likeness (QED) is 0.667.